The Bertz CT molecular complexity index is 331. The predicted octanol–water partition coefficient (Wildman–Crippen LogP) is 2.46. The van der Waals surface area contributed by atoms with Crippen LogP contribution in [0.4, 0.5) is 13.2 Å². The maximum Gasteiger partial charge on any atom is 0.416 e. The molecule has 1 atom stereocenters. The molecular formula is C9H9F3O2. The Hall–Kier alpha value is -1.23. The van der Waals surface area contributed by atoms with Gasteiger partial charge >= 0.3 is 6.18 Å². The fourth-order valence-corrected chi connectivity index (χ4v) is 1.07. The van der Waals surface area contributed by atoms with Gasteiger partial charge in [0.05, 0.1) is 11.7 Å². The van der Waals surface area contributed by atoms with E-state index in [1.54, 1.807) is 0 Å². The van der Waals surface area contributed by atoms with Gasteiger partial charge in [-0.3, -0.25) is 0 Å². The Balaban J connectivity index is 3.13. The zero-order chi connectivity index (χ0) is 10.9. The molecule has 0 aromatic heterocycles. The number of benzene rings is 1. The smallest absolute Gasteiger partial charge is 0.416 e. The minimum atomic E-state index is -4.48. The molecule has 0 aliphatic heterocycles. The Morgan fingerprint density at radius 3 is 2.21 bits per heavy atom. The summed E-state index contributed by atoms with van der Waals surface area (Å²) in [6.45, 7) is 1.36. The minimum absolute atomic E-state index is 0.0815. The molecule has 0 heterocycles. The lowest BCUT2D eigenvalue weighted by atomic mass is 10.1. The third-order valence-corrected chi connectivity index (χ3v) is 1.81. The highest BCUT2D eigenvalue weighted by Crippen LogP contribution is 2.34. The lowest BCUT2D eigenvalue weighted by Gasteiger charge is -2.11. The monoisotopic (exact) mass is 206 g/mol. The van der Waals surface area contributed by atoms with E-state index >= 15 is 0 Å². The minimum Gasteiger partial charge on any atom is -0.508 e. The van der Waals surface area contributed by atoms with Gasteiger partial charge < -0.3 is 10.2 Å². The van der Waals surface area contributed by atoms with Crippen molar-refractivity contribution >= 4 is 0 Å². The van der Waals surface area contributed by atoms with Gasteiger partial charge in [-0.05, 0) is 19.1 Å². The maximum absolute atomic E-state index is 12.1. The van der Waals surface area contributed by atoms with Crippen LogP contribution in [0.15, 0.2) is 18.2 Å². The zero-order valence-electron chi connectivity index (χ0n) is 7.34. The molecule has 0 radical (unpaired) electrons. The van der Waals surface area contributed by atoms with Crippen molar-refractivity contribution in [2.45, 2.75) is 19.2 Å². The molecule has 14 heavy (non-hydrogen) atoms. The number of rotatable bonds is 1. The van der Waals surface area contributed by atoms with Crippen molar-refractivity contribution in [1.29, 1.82) is 0 Å². The number of halogens is 3. The summed E-state index contributed by atoms with van der Waals surface area (Å²) in [5.41, 5.74) is -0.850. The van der Waals surface area contributed by atoms with Crippen LogP contribution < -0.4 is 0 Å². The molecule has 1 unspecified atom stereocenters. The van der Waals surface area contributed by atoms with Crippen LogP contribution in [0.25, 0.3) is 0 Å². The molecular weight excluding hydrogens is 197 g/mol. The average Bonchev–Trinajstić information content (AvgIpc) is 2.01. The molecule has 0 spiro atoms. The van der Waals surface area contributed by atoms with Crippen LogP contribution in [0, 0.1) is 0 Å². The van der Waals surface area contributed by atoms with E-state index in [1.165, 1.54) is 6.92 Å². The van der Waals surface area contributed by atoms with Crippen LogP contribution >= 0.6 is 0 Å². The second-order valence-corrected chi connectivity index (χ2v) is 2.95. The summed E-state index contributed by atoms with van der Waals surface area (Å²) in [4.78, 5) is 0. The Morgan fingerprint density at radius 1 is 1.29 bits per heavy atom. The second kappa shape index (κ2) is 3.49. The zero-order valence-corrected chi connectivity index (χ0v) is 7.34. The Morgan fingerprint density at radius 2 is 1.86 bits per heavy atom. The molecule has 0 bridgehead atoms. The maximum atomic E-state index is 12.1. The number of aliphatic hydroxyl groups excluding tert-OH is 1. The van der Waals surface area contributed by atoms with Gasteiger partial charge in [-0.2, -0.15) is 13.2 Å². The first-order valence-corrected chi connectivity index (χ1v) is 3.90. The van der Waals surface area contributed by atoms with Crippen molar-refractivity contribution in [3.8, 4) is 5.75 Å². The van der Waals surface area contributed by atoms with E-state index in [4.69, 9.17) is 10.2 Å². The second-order valence-electron chi connectivity index (χ2n) is 2.95. The van der Waals surface area contributed by atoms with Crippen molar-refractivity contribution in [3.05, 3.63) is 29.3 Å². The predicted molar refractivity (Wildman–Crippen MR) is 43.7 cm³/mol. The average molecular weight is 206 g/mol. The van der Waals surface area contributed by atoms with E-state index in [0.29, 0.717) is 6.07 Å². The van der Waals surface area contributed by atoms with Gasteiger partial charge in [0.15, 0.2) is 0 Å². The molecule has 2 N–H and O–H groups in total. The molecule has 0 saturated carbocycles. The van der Waals surface area contributed by atoms with E-state index in [0.717, 1.165) is 12.1 Å². The Labute approximate surface area is 78.6 Å². The SMILES string of the molecule is CC(O)c1ccc(C(F)(F)F)cc1O. The summed E-state index contributed by atoms with van der Waals surface area (Å²) in [6, 6.07) is 2.48. The molecule has 78 valence electrons. The van der Waals surface area contributed by atoms with E-state index in [9.17, 15) is 13.2 Å². The molecule has 0 fully saturated rings. The largest absolute Gasteiger partial charge is 0.508 e. The van der Waals surface area contributed by atoms with E-state index in [-0.39, 0.29) is 5.56 Å². The van der Waals surface area contributed by atoms with E-state index in [1.807, 2.05) is 0 Å². The first-order chi connectivity index (χ1) is 6.32. The van der Waals surface area contributed by atoms with Crippen LogP contribution in [-0.4, -0.2) is 10.2 Å². The van der Waals surface area contributed by atoms with Crippen molar-refractivity contribution in [1.82, 2.24) is 0 Å². The third kappa shape index (κ3) is 2.17. The highest BCUT2D eigenvalue weighted by Gasteiger charge is 2.31. The molecule has 0 aliphatic carbocycles. The summed E-state index contributed by atoms with van der Waals surface area (Å²) < 4.78 is 36.4. The van der Waals surface area contributed by atoms with Gasteiger partial charge in [0.1, 0.15) is 5.75 Å². The van der Waals surface area contributed by atoms with Gasteiger partial charge in [0.2, 0.25) is 0 Å². The first kappa shape index (κ1) is 10.8. The lowest BCUT2D eigenvalue weighted by Crippen LogP contribution is -2.05. The van der Waals surface area contributed by atoms with Crippen LogP contribution in [0.1, 0.15) is 24.2 Å². The quantitative estimate of drug-likeness (QED) is 0.740. The number of phenolic OH excluding ortho intramolecular Hbond substituents is 1. The van der Waals surface area contributed by atoms with Gasteiger partial charge in [0, 0.05) is 5.56 Å². The first-order valence-electron chi connectivity index (χ1n) is 3.90. The van der Waals surface area contributed by atoms with Crippen molar-refractivity contribution in [2.75, 3.05) is 0 Å². The van der Waals surface area contributed by atoms with Crippen molar-refractivity contribution in [2.24, 2.45) is 0 Å². The summed E-state index contributed by atoms with van der Waals surface area (Å²) in [5.74, 6) is -0.546. The molecule has 1 aromatic rings. The number of alkyl halides is 3. The fourth-order valence-electron chi connectivity index (χ4n) is 1.07. The molecule has 0 amide bonds. The molecule has 1 rings (SSSR count). The van der Waals surface area contributed by atoms with Gasteiger partial charge in [-0.15, -0.1) is 0 Å². The highest BCUT2D eigenvalue weighted by atomic mass is 19.4. The summed E-state index contributed by atoms with van der Waals surface area (Å²) in [5, 5.41) is 18.2. The summed E-state index contributed by atoms with van der Waals surface area (Å²) in [7, 11) is 0. The van der Waals surface area contributed by atoms with Crippen LogP contribution in [0.5, 0.6) is 5.75 Å². The normalized spacial score (nSPS) is 14.1. The van der Waals surface area contributed by atoms with E-state index < -0.39 is 23.6 Å². The van der Waals surface area contributed by atoms with E-state index in [2.05, 4.69) is 0 Å². The Kier molecular flexibility index (Phi) is 2.71. The molecule has 1 aromatic carbocycles. The molecule has 2 nitrogen and oxygen atoms in total. The van der Waals surface area contributed by atoms with Crippen LogP contribution in [0.3, 0.4) is 0 Å². The topological polar surface area (TPSA) is 40.5 Å². The molecule has 0 saturated heterocycles. The number of phenols is 1. The number of aromatic hydroxyl groups is 1. The van der Waals surface area contributed by atoms with Gasteiger partial charge in [-0.1, -0.05) is 6.07 Å². The molecule has 5 heteroatoms. The van der Waals surface area contributed by atoms with Crippen molar-refractivity contribution in [3.63, 3.8) is 0 Å². The number of aliphatic hydroxyl groups is 1. The number of hydrogen-bond donors (Lipinski definition) is 2. The summed E-state index contributed by atoms with van der Waals surface area (Å²) in [6.07, 6.45) is -5.47. The van der Waals surface area contributed by atoms with Gasteiger partial charge in [-0.25, -0.2) is 0 Å². The summed E-state index contributed by atoms with van der Waals surface area (Å²) >= 11 is 0. The third-order valence-electron chi connectivity index (χ3n) is 1.81. The highest BCUT2D eigenvalue weighted by molar-refractivity contribution is 5.38. The fraction of sp³-hybridized carbons (Fsp3) is 0.333. The van der Waals surface area contributed by atoms with Gasteiger partial charge in [0.25, 0.3) is 0 Å². The standard InChI is InChI=1S/C9H9F3O2/c1-5(13)7-3-2-6(4-8(7)14)9(10,11)12/h2-5,13-14H,1H3. The van der Waals surface area contributed by atoms with Crippen LogP contribution in [0.2, 0.25) is 0 Å². The van der Waals surface area contributed by atoms with Crippen LogP contribution in [-0.2, 0) is 6.18 Å². The molecule has 0 aliphatic rings. The van der Waals surface area contributed by atoms with Crippen molar-refractivity contribution < 1.29 is 23.4 Å². The number of hydrogen-bond acceptors (Lipinski definition) is 2. The lowest BCUT2D eigenvalue weighted by molar-refractivity contribution is -0.137.